The van der Waals surface area contributed by atoms with Crippen LogP contribution in [0.2, 0.25) is 0 Å². The number of ether oxygens (including phenoxy) is 1. The van der Waals surface area contributed by atoms with Gasteiger partial charge in [-0.15, -0.1) is 0 Å². The van der Waals surface area contributed by atoms with Crippen molar-refractivity contribution in [3.8, 4) is 0 Å². The number of aliphatic carboxylic acids is 1. The predicted octanol–water partition coefficient (Wildman–Crippen LogP) is 0.500. The zero-order valence-corrected chi connectivity index (χ0v) is 11.4. The minimum absolute atomic E-state index is 0.0567. The van der Waals surface area contributed by atoms with Crippen LogP contribution in [-0.2, 0) is 14.3 Å². The van der Waals surface area contributed by atoms with Crippen LogP contribution in [-0.4, -0.2) is 42.8 Å². The Bertz CT molecular complexity index is 309. The Morgan fingerprint density at radius 2 is 2.21 bits per heavy atom. The van der Waals surface area contributed by atoms with Gasteiger partial charge in [0, 0.05) is 25.7 Å². The summed E-state index contributed by atoms with van der Waals surface area (Å²) in [7, 11) is 1.57. The fourth-order valence-electron chi connectivity index (χ4n) is 2.44. The highest BCUT2D eigenvalue weighted by molar-refractivity contribution is 5.85. The molecular formula is C13H24N2O4. The molecule has 1 saturated carbocycles. The van der Waals surface area contributed by atoms with Gasteiger partial charge in [-0.1, -0.05) is 6.42 Å². The van der Waals surface area contributed by atoms with E-state index in [1.807, 2.05) is 0 Å². The number of amides is 1. The van der Waals surface area contributed by atoms with Gasteiger partial charge in [-0.05, 0) is 32.1 Å². The Hall–Kier alpha value is -1.14. The van der Waals surface area contributed by atoms with E-state index in [4.69, 9.17) is 15.6 Å². The van der Waals surface area contributed by atoms with E-state index in [0.29, 0.717) is 25.9 Å². The van der Waals surface area contributed by atoms with E-state index < -0.39 is 12.0 Å². The molecule has 19 heavy (non-hydrogen) atoms. The molecular weight excluding hydrogens is 248 g/mol. The summed E-state index contributed by atoms with van der Waals surface area (Å²) in [6.07, 6.45) is 4.31. The Labute approximate surface area is 113 Å². The van der Waals surface area contributed by atoms with Crippen molar-refractivity contribution in [3.63, 3.8) is 0 Å². The van der Waals surface area contributed by atoms with Gasteiger partial charge in [0.1, 0.15) is 6.04 Å². The zero-order chi connectivity index (χ0) is 14.3. The maximum Gasteiger partial charge on any atom is 0.326 e. The largest absolute Gasteiger partial charge is 0.480 e. The monoisotopic (exact) mass is 272 g/mol. The summed E-state index contributed by atoms with van der Waals surface area (Å²) in [4.78, 5) is 23.1. The van der Waals surface area contributed by atoms with E-state index in [1.165, 1.54) is 0 Å². The molecule has 110 valence electrons. The average molecular weight is 272 g/mol. The van der Waals surface area contributed by atoms with Crippen molar-refractivity contribution < 1.29 is 19.4 Å². The summed E-state index contributed by atoms with van der Waals surface area (Å²) in [6.45, 7) is 0.494. The third-order valence-electron chi connectivity index (χ3n) is 3.54. The molecule has 0 spiro atoms. The molecule has 6 nitrogen and oxygen atoms in total. The zero-order valence-electron chi connectivity index (χ0n) is 11.4. The first kappa shape index (κ1) is 15.9. The number of rotatable bonds is 7. The number of hydrogen-bond acceptors (Lipinski definition) is 4. The Morgan fingerprint density at radius 3 is 2.79 bits per heavy atom. The smallest absolute Gasteiger partial charge is 0.326 e. The van der Waals surface area contributed by atoms with Crippen LogP contribution >= 0.6 is 0 Å². The van der Waals surface area contributed by atoms with Gasteiger partial charge in [-0.25, -0.2) is 4.79 Å². The molecule has 1 amide bonds. The maximum atomic E-state index is 12.0. The van der Waals surface area contributed by atoms with Crippen LogP contribution in [0.3, 0.4) is 0 Å². The summed E-state index contributed by atoms with van der Waals surface area (Å²) < 4.78 is 4.89. The number of methoxy groups -OCH3 is 1. The molecule has 0 aliphatic heterocycles. The normalized spacial score (nSPS) is 24.7. The van der Waals surface area contributed by atoms with E-state index >= 15 is 0 Å². The second kappa shape index (κ2) is 8.12. The van der Waals surface area contributed by atoms with Crippen molar-refractivity contribution in [2.24, 2.45) is 11.7 Å². The van der Waals surface area contributed by atoms with Crippen molar-refractivity contribution in [1.29, 1.82) is 0 Å². The first-order chi connectivity index (χ1) is 9.04. The molecule has 1 aliphatic rings. The van der Waals surface area contributed by atoms with E-state index in [9.17, 15) is 9.59 Å². The molecule has 3 atom stereocenters. The first-order valence-corrected chi connectivity index (χ1v) is 6.82. The van der Waals surface area contributed by atoms with Gasteiger partial charge in [0.05, 0.1) is 0 Å². The third-order valence-corrected chi connectivity index (χ3v) is 3.54. The van der Waals surface area contributed by atoms with Crippen LogP contribution in [0.4, 0.5) is 0 Å². The van der Waals surface area contributed by atoms with Crippen molar-refractivity contribution in [1.82, 2.24) is 5.32 Å². The predicted molar refractivity (Wildman–Crippen MR) is 70.6 cm³/mol. The standard InChI is InChI=1S/C13H24N2O4/c1-19-7-3-6-11(13(17)18)15-12(16)9-4-2-5-10(14)8-9/h9-11H,2-8,14H2,1H3,(H,15,16)(H,17,18). The SMILES string of the molecule is COCCCC(NC(=O)C1CCCC(N)C1)C(=O)O. The van der Waals surface area contributed by atoms with E-state index in [-0.39, 0.29) is 17.9 Å². The van der Waals surface area contributed by atoms with Crippen molar-refractivity contribution in [2.45, 2.75) is 50.6 Å². The highest BCUT2D eigenvalue weighted by atomic mass is 16.5. The fourth-order valence-corrected chi connectivity index (χ4v) is 2.44. The average Bonchev–Trinajstić information content (AvgIpc) is 2.37. The van der Waals surface area contributed by atoms with Crippen LogP contribution in [0.15, 0.2) is 0 Å². The molecule has 1 fully saturated rings. The van der Waals surface area contributed by atoms with Gasteiger partial charge in [0.2, 0.25) is 5.91 Å². The highest BCUT2D eigenvalue weighted by Gasteiger charge is 2.28. The van der Waals surface area contributed by atoms with E-state index in [1.54, 1.807) is 7.11 Å². The lowest BCUT2D eigenvalue weighted by atomic mass is 9.85. The number of nitrogens with two attached hydrogens (primary N) is 1. The van der Waals surface area contributed by atoms with Gasteiger partial charge in [0.25, 0.3) is 0 Å². The summed E-state index contributed by atoms with van der Waals surface area (Å²) in [6, 6.07) is -0.776. The first-order valence-electron chi connectivity index (χ1n) is 6.82. The second-order valence-corrected chi connectivity index (χ2v) is 5.16. The maximum absolute atomic E-state index is 12.0. The molecule has 0 aromatic rings. The van der Waals surface area contributed by atoms with Crippen LogP contribution in [0.25, 0.3) is 0 Å². The van der Waals surface area contributed by atoms with Crippen LogP contribution in [0, 0.1) is 5.92 Å². The molecule has 0 radical (unpaired) electrons. The lowest BCUT2D eigenvalue weighted by molar-refractivity contribution is -0.143. The van der Waals surface area contributed by atoms with E-state index in [0.717, 1.165) is 19.3 Å². The lowest BCUT2D eigenvalue weighted by Crippen LogP contribution is -2.45. The number of carboxylic acid groups (broad SMARTS) is 1. The topological polar surface area (TPSA) is 102 Å². The van der Waals surface area contributed by atoms with Gasteiger partial charge in [-0.3, -0.25) is 4.79 Å². The molecule has 0 saturated heterocycles. The van der Waals surface area contributed by atoms with Gasteiger partial charge < -0.3 is 20.9 Å². The molecule has 6 heteroatoms. The third kappa shape index (κ3) is 5.57. The number of carbonyl (C=O) groups excluding carboxylic acids is 1. The van der Waals surface area contributed by atoms with Crippen molar-refractivity contribution >= 4 is 11.9 Å². The summed E-state index contributed by atoms with van der Waals surface area (Å²) in [5.74, 6) is -1.32. The lowest BCUT2D eigenvalue weighted by Gasteiger charge is -2.27. The summed E-state index contributed by atoms with van der Waals surface area (Å²) in [5, 5.41) is 11.7. The second-order valence-electron chi connectivity index (χ2n) is 5.16. The minimum Gasteiger partial charge on any atom is -0.480 e. The molecule has 0 bridgehead atoms. The minimum atomic E-state index is -0.996. The Balaban J connectivity index is 2.43. The van der Waals surface area contributed by atoms with E-state index in [2.05, 4.69) is 5.32 Å². The van der Waals surface area contributed by atoms with Crippen molar-refractivity contribution in [3.05, 3.63) is 0 Å². The van der Waals surface area contributed by atoms with Crippen LogP contribution in [0.5, 0.6) is 0 Å². The Morgan fingerprint density at radius 1 is 1.47 bits per heavy atom. The number of hydrogen-bond donors (Lipinski definition) is 3. The van der Waals surface area contributed by atoms with Crippen LogP contribution < -0.4 is 11.1 Å². The highest BCUT2D eigenvalue weighted by Crippen LogP contribution is 2.23. The fraction of sp³-hybridized carbons (Fsp3) is 0.846. The van der Waals surface area contributed by atoms with Crippen LogP contribution in [0.1, 0.15) is 38.5 Å². The van der Waals surface area contributed by atoms with Gasteiger partial charge >= 0.3 is 5.97 Å². The molecule has 1 rings (SSSR count). The number of nitrogens with one attached hydrogen (secondary N) is 1. The summed E-state index contributed by atoms with van der Waals surface area (Å²) >= 11 is 0. The molecule has 0 aromatic carbocycles. The quantitative estimate of drug-likeness (QED) is 0.586. The summed E-state index contributed by atoms with van der Waals surface area (Å²) in [5.41, 5.74) is 5.84. The molecule has 4 N–H and O–H groups in total. The molecule has 0 heterocycles. The molecule has 1 aliphatic carbocycles. The molecule has 0 aromatic heterocycles. The van der Waals surface area contributed by atoms with Gasteiger partial charge in [-0.2, -0.15) is 0 Å². The Kier molecular flexibility index (Phi) is 6.80. The number of carboxylic acids is 1. The number of carbonyl (C=O) groups is 2. The van der Waals surface area contributed by atoms with Crippen molar-refractivity contribution in [2.75, 3.05) is 13.7 Å². The van der Waals surface area contributed by atoms with Gasteiger partial charge in [0.15, 0.2) is 0 Å². The molecule has 3 unspecified atom stereocenters.